The Kier molecular flexibility index (Phi) is 3.92. The van der Waals surface area contributed by atoms with Gasteiger partial charge in [0.1, 0.15) is 0 Å². The second kappa shape index (κ2) is 5.29. The van der Waals surface area contributed by atoms with Crippen molar-refractivity contribution in [2.24, 2.45) is 38.4 Å². The lowest BCUT2D eigenvalue weighted by Gasteiger charge is -2.75. The van der Waals surface area contributed by atoms with E-state index >= 15 is 0 Å². The minimum atomic E-state index is 0.0656. The Morgan fingerprint density at radius 1 is 0.654 bits per heavy atom. The zero-order chi connectivity index (χ0) is 19.2. The molecule has 1 N–H and O–H groups in total. The van der Waals surface area contributed by atoms with Gasteiger partial charge in [0.25, 0.3) is 0 Å². The van der Waals surface area contributed by atoms with Crippen LogP contribution in [0.25, 0.3) is 0 Å². The van der Waals surface area contributed by atoms with Crippen molar-refractivity contribution < 1.29 is 10.1 Å². The molecule has 0 spiro atoms. The van der Waals surface area contributed by atoms with Crippen molar-refractivity contribution >= 4 is 0 Å². The number of hydrogen-bond donors (Lipinski definition) is 1. The maximum Gasteiger partial charge on any atom is 0.0930 e. The number of hydrogen-bond acceptors (Lipinski definition) is 2. The van der Waals surface area contributed by atoms with Crippen LogP contribution in [0.3, 0.4) is 0 Å². The summed E-state index contributed by atoms with van der Waals surface area (Å²) in [5, 5.41) is 9.27. The SMILES string of the molecule is CC1(C)CC[C@@]2(C)[C@]3(C)CCC4C[C@@H](OO)CC[C@]4(C)[C@@]3(C)CC[C@]12C. The van der Waals surface area contributed by atoms with E-state index < -0.39 is 0 Å². The van der Waals surface area contributed by atoms with Crippen LogP contribution in [0.15, 0.2) is 0 Å². The lowest BCUT2D eigenvalue weighted by atomic mass is 9.29. The Labute approximate surface area is 161 Å². The zero-order valence-electron chi connectivity index (χ0n) is 18.4. The first-order valence-corrected chi connectivity index (χ1v) is 11.2. The first-order valence-electron chi connectivity index (χ1n) is 11.2. The highest BCUT2D eigenvalue weighted by Gasteiger charge is 2.75. The molecule has 0 heterocycles. The molecule has 4 fully saturated rings. The molecule has 150 valence electrons. The molecule has 4 aliphatic carbocycles. The summed E-state index contributed by atoms with van der Waals surface area (Å²) in [5.74, 6) is 0.703. The summed E-state index contributed by atoms with van der Waals surface area (Å²) < 4.78 is 0. The van der Waals surface area contributed by atoms with Crippen LogP contribution in [0.1, 0.15) is 106 Å². The summed E-state index contributed by atoms with van der Waals surface area (Å²) in [6.07, 6.45) is 11.5. The molecule has 0 aromatic heterocycles. The summed E-state index contributed by atoms with van der Waals surface area (Å²) in [6, 6.07) is 0. The number of fused-ring (bicyclic) bond motifs is 5. The summed E-state index contributed by atoms with van der Waals surface area (Å²) in [6.45, 7) is 18.3. The Morgan fingerprint density at radius 3 is 1.88 bits per heavy atom. The molecule has 0 aromatic carbocycles. The fourth-order valence-electron chi connectivity index (χ4n) is 9.29. The molecule has 0 amide bonds. The molecule has 7 atom stereocenters. The van der Waals surface area contributed by atoms with Crippen molar-refractivity contribution in [2.45, 2.75) is 112 Å². The van der Waals surface area contributed by atoms with E-state index in [1.807, 2.05) is 0 Å². The van der Waals surface area contributed by atoms with Gasteiger partial charge >= 0.3 is 0 Å². The van der Waals surface area contributed by atoms with E-state index in [1.54, 1.807) is 0 Å². The van der Waals surface area contributed by atoms with E-state index in [0.29, 0.717) is 38.4 Å². The molecule has 0 saturated heterocycles. The molecular weight excluding hydrogens is 320 g/mol. The fraction of sp³-hybridized carbons (Fsp3) is 1.00. The molecule has 0 bridgehead atoms. The summed E-state index contributed by atoms with van der Waals surface area (Å²) in [7, 11) is 0. The summed E-state index contributed by atoms with van der Waals surface area (Å²) in [5.41, 5.74) is 2.49. The minimum absolute atomic E-state index is 0.0656. The second-order valence-electron chi connectivity index (χ2n) is 12.4. The van der Waals surface area contributed by atoms with Crippen molar-refractivity contribution in [1.29, 1.82) is 0 Å². The standard InChI is InChI=1S/C24H42O2/c1-19(2)12-13-24(7)21(19,4)14-15-22(5)20(3)10-9-18(26-25)16-17(20)8-11-23(22,24)6/h17-18,25H,8-16H2,1-7H3/t17?,18-,20-,21+,22+,23+,24+/m0/s1. The van der Waals surface area contributed by atoms with E-state index in [2.05, 4.69) is 48.5 Å². The van der Waals surface area contributed by atoms with Crippen molar-refractivity contribution in [1.82, 2.24) is 0 Å². The first kappa shape index (κ1) is 19.2. The molecule has 2 nitrogen and oxygen atoms in total. The van der Waals surface area contributed by atoms with Crippen LogP contribution in [-0.2, 0) is 4.89 Å². The monoisotopic (exact) mass is 362 g/mol. The van der Waals surface area contributed by atoms with Gasteiger partial charge in [0.05, 0.1) is 6.10 Å². The lowest BCUT2D eigenvalue weighted by molar-refractivity contribution is -0.313. The average Bonchev–Trinajstić information content (AvgIpc) is 2.79. The smallest absolute Gasteiger partial charge is 0.0930 e. The quantitative estimate of drug-likeness (QED) is 0.399. The van der Waals surface area contributed by atoms with Gasteiger partial charge in [-0.3, -0.25) is 5.26 Å². The third kappa shape index (κ3) is 1.83. The molecular formula is C24H42O2. The Morgan fingerprint density at radius 2 is 1.23 bits per heavy atom. The molecule has 0 radical (unpaired) electrons. The van der Waals surface area contributed by atoms with Crippen molar-refractivity contribution in [3.05, 3.63) is 0 Å². The average molecular weight is 363 g/mol. The molecule has 4 aliphatic rings. The molecule has 26 heavy (non-hydrogen) atoms. The maximum atomic E-state index is 9.27. The van der Waals surface area contributed by atoms with Crippen LogP contribution in [0.4, 0.5) is 0 Å². The van der Waals surface area contributed by atoms with Gasteiger partial charge < -0.3 is 0 Å². The van der Waals surface area contributed by atoms with Crippen LogP contribution in [0.2, 0.25) is 0 Å². The van der Waals surface area contributed by atoms with Gasteiger partial charge in [-0.1, -0.05) is 48.5 Å². The highest BCUT2D eigenvalue weighted by Crippen LogP contribution is 2.83. The first-order chi connectivity index (χ1) is 11.9. The van der Waals surface area contributed by atoms with E-state index in [-0.39, 0.29) is 6.10 Å². The normalized spacial score (nSPS) is 58.6. The molecule has 1 unspecified atom stereocenters. The Hall–Kier alpha value is -0.0800. The number of rotatable bonds is 1. The molecule has 4 rings (SSSR count). The van der Waals surface area contributed by atoms with Crippen molar-refractivity contribution in [3.8, 4) is 0 Å². The van der Waals surface area contributed by atoms with Gasteiger partial charge in [-0.2, -0.15) is 0 Å². The summed E-state index contributed by atoms with van der Waals surface area (Å²) in [4.78, 5) is 4.81. The van der Waals surface area contributed by atoms with Gasteiger partial charge in [-0.05, 0) is 96.2 Å². The van der Waals surface area contributed by atoms with E-state index in [1.165, 1.54) is 44.9 Å². The molecule has 0 aromatic rings. The van der Waals surface area contributed by atoms with E-state index in [4.69, 9.17) is 4.89 Å². The van der Waals surface area contributed by atoms with Crippen LogP contribution < -0.4 is 0 Å². The van der Waals surface area contributed by atoms with Gasteiger partial charge in [-0.15, -0.1) is 0 Å². The fourth-order valence-corrected chi connectivity index (χ4v) is 9.29. The third-order valence-electron chi connectivity index (χ3n) is 12.4. The highest BCUT2D eigenvalue weighted by molar-refractivity contribution is 5.24. The van der Waals surface area contributed by atoms with Gasteiger partial charge in [0.15, 0.2) is 0 Å². The van der Waals surface area contributed by atoms with E-state index in [0.717, 1.165) is 12.8 Å². The zero-order valence-corrected chi connectivity index (χ0v) is 18.4. The third-order valence-corrected chi connectivity index (χ3v) is 12.4. The molecule has 2 heteroatoms. The van der Waals surface area contributed by atoms with Crippen LogP contribution in [0.5, 0.6) is 0 Å². The molecule has 4 saturated carbocycles. The predicted molar refractivity (Wildman–Crippen MR) is 107 cm³/mol. The minimum Gasteiger partial charge on any atom is -0.252 e. The van der Waals surface area contributed by atoms with Crippen LogP contribution in [0, 0.1) is 38.4 Å². The van der Waals surface area contributed by atoms with Crippen LogP contribution >= 0.6 is 0 Å². The Bertz CT molecular complexity index is 599. The molecule has 0 aliphatic heterocycles. The van der Waals surface area contributed by atoms with Crippen LogP contribution in [-0.4, -0.2) is 11.4 Å². The predicted octanol–water partition coefficient (Wildman–Crippen LogP) is 7.08. The lowest BCUT2D eigenvalue weighted by Crippen LogP contribution is -2.68. The Balaban J connectivity index is 1.80. The summed E-state index contributed by atoms with van der Waals surface area (Å²) >= 11 is 0. The van der Waals surface area contributed by atoms with Gasteiger partial charge in [0.2, 0.25) is 0 Å². The maximum absolute atomic E-state index is 9.27. The van der Waals surface area contributed by atoms with Gasteiger partial charge in [0, 0.05) is 0 Å². The van der Waals surface area contributed by atoms with Gasteiger partial charge in [-0.25, -0.2) is 4.89 Å². The highest BCUT2D eigenvalue weighted by atomic mass is 17.1. The largest absolute Gasteiger partial charge is 0.252 e. The van der Waals surface area contributed by atoms with E-state index in [9.17, 15) is 5.26 Å². The van der Waals surface area contributed by atoms with Crippen molar-refractivity contribution in [2.75, 3.05) is 0 Å². The van der Waals surface area contributed by atoms with Crippen molar-refractivity contribution in [3.63, 3.8) is 0 Å². The second-order valence-corrected chi connectivity index (χ2v) is 12.4. The topological polar surface area (TPSA) is 29.5 Å².